The first kappa shape index (κ1) is 14.9. The van der Waals surface area contributed by atoms with Gasteiger partial charge in [-0.15, -0.1) is 0 Å². The Morgan fingerprint density at radius 1 is 0.917 bits per heavy atom. The maximum atomic E-state index is 12.6. The standard InChI is InChI=1S/C19H17NO4/c21-11-14-9-10-17(24-14)12-5-7-13(8-6-12)20-18(22)15-3-1-2-4-16(15)19(20)23/h5-11,15-16H,1-4H2. The second-order valence-corrected chi connectivity index (χ2v) is 6.38. The molecular weight excluding hydrogens is 306 g/mol. The van der Waals surface area contributed by atoms with Crippen LogP contribution in [0.3, 0.4) is 0 Å². The molecule has 2 atom stereocenters. The smallest absolute Gasteiger partial charge is 0.237 e. The molecule has 1 aromatic carbocycles. The van der Waals surface area contributed by atoms with E-state index in [1.165, 1.54) is 4.90 Å². The molecule has 0 bridgehead atoms. The highest BCUT2D eigenvalue weighted by Crippen LogP contribution is 2.40. The minimum absolute atomic E-state index is 0.0707. The number of furan rings is 1. The summed E-state index contributed by atoms with van der Waals surface area (Å²) in [7, 11) is 0. The Balaban J connectivity index is 1.61. The summed E-state index contributed by atoms with van der Waals surface area (Å²) in [6, 6.07) is 10.4. The fourth-order valence-electron chi connectivity index (χ4n) is 3.76. The number of hydrogen-bond donors (Lipinski definition) is 0. The van der Waals surface area contributed by atoms with E-state index in [0.29, 0.717) is 17.7 Å². The van der Waals surface area contributed by atoms with E-state index < -0.39 is 0 Å². The van der Waals surface area contributed by atoms with E-state index in [-0.39, 0.29) is 29.4 Å². The van der Waals surface area contributed by atoms with Gasteiger partial charge in [0.2, 0.25) is 11.8 Å². The lowest BCUT2D eigenvalue weighted by Crippen LogP contribution is -2.30. The number of anilines is 1. The fraction of sp³-hybridized carbons (Fsp3) is 0.316. The van der Waals surface area contributed by atoms with Gasteiger partial charge in [-0.1, -0.05) is 12.8 Å². The van der Waals surface area contributed by atoms with Gasteiger partial charge in [0.15, 0.2) is 12.0 Å². The molecule has 1 aliphatic carbocycles. The van der Waals surface area contributed by atoms with Gasteiger partial charge in [0.25, 0.3) is 0 Å². The summed E-state index contributed by atoms with van der Waals surface area (Å²) in [6.45, 7) is 0. The Morgan fingerprint density at radius 3 is 2.08 bits per heavy atom. The second kappa shape index (κ2) is 5.74. The van der Waals surface area contributed by atoms with Gasteiger partial charge in [-0.2, -0.15) is 0 Å². The molecule has 4 rings (SSSR count). The number of aldehydes is 1. The van der Waals surface area contributed by atoms with Crippen LogP contribution in [0.25, 0.3) is 11.3 Å². The molecule has 1 saturated carbocycles. The van der Waals surface area contributed by atoms with Gasteiger partial charge in [0, 0.05) is 5.56 Å². The van der Waals surface area contributed by atoms with Crippen molar-refractivity contribution in [2.75, 3.05) is 4.90 Å². The van der Waals surface area contributed by atoms with Crippen LogP contribution in [0.4, 0.5) is 5.69 Å². The van der Waals surface area contributed by atoms with Crippen molar-refractivity contribution in [3.63, 3.8) is 0 Å². The number of benzene rings is 1. The van der Waals surface area contributed by atoms with Crippen LogP contribution >= 0.6 is 0 Å². The SMILES string of the molecule is O=Cc1ccc(-c2ccc(N3C(=O)C4CCCCC4C3=O)cc2)o1. The highest BCUT2D eigenvalue weighted by molar-refractivity contribution is 6.22. The number of carbonyl (C=O) groups excluding carboxylic acids is 3. The Hall–Kier alpha value is -2.69. The summed E-state index contributed by atoms with van der Waals surface area (Å²) in [4.78, 5) is 37.2. The Bertz CT molecular complexity index is 781. The van der Waals surface area contributed by atoms with E-state index in [2.05, 4.69) is 0 Å². The molecule has 2 aliphatic rings. The predicted molar refractivity (Wildman–Crippen MR) is 87.5 cm³/mol. The van der Waals surface area contributed by atoms with Gasteiger partial charge in [0.1, 0.15) is 5.76 Å². The third-order valence-corrected chi connectivity index (χ3v) is 4.99. The molecule has 1 aliphatic heterocycles. The predicted octanol–water partition coefficient (Wildman–Crippen LogP) is 3.44. The van der Waals surface area contributed by atoms with E-state index in [1.54, 1.807) is 36.4 Å². The van der Waals surface area contributed by atoms with Crippen molar-refractivity contribution >= 4 is 23.8 Å². The maximum absolute atomic E-state index is 12.6. The zero-order chi connectivity index (χ0) is 16.7. The Morgan fingerprint density at radius 2 is 1.54 bits per heavy atom. The summed E-state index contributed by atoms with van der Waals surface area (Å²) in [5.41, 5.74) is 1.40. The minimum atomic E-state index is -0.147. The van der Waals surface area contributed by atoms with Gasteiger partial charge < -0.3 is 4.42 Å². The molecule has 5 heteroatoms. The molecular formula is C19H17NO4. The number of rotatable bonds is 3. The Labute approximate surface area is 139 Å². The highest BCUT2D eigenvalue weighted by atomic mass is 16.3. The van der Waals surface area contributed by atoms with Crippen LogP contribution in [-0.4, -0.2) is 18.1 Å². The van der Waals surface area contributed by atoms with Crippen LogP contribution in [0, 0.1) is 11.8 Å². The van der Waals surface area contributed by atoms with Gasteiger partial charge in [-0.05, 0) is 49.2 Å². The van der Waals surface area contributed by atoms with Crippen LogP contribution in [0.1, 0.15) is 36.2 Å². The second-order valence-electron chi connectivity index (χ2n) is 6.38. The molecule has 24 heavy (non-hydrogen) atoms. The molecule has 0 spiro atoms. The molecule has 2 amide bonds. The summed E-state index contributed by atoms with van der Waals surface area (Å²) < 4.78 is 5.39. The lowest BCUT2D eigenvalue weighted by Gasteiger charge is -2.19. The number of hydrogen-bond acceptors (Lipinski definition) is 4. The van der Waals surface area contributed by atoms with E-state index >= 15 is 0 Å². The molecule has 122 valence electrons. The van der Waals surface area contributed by atoms with E-state index in [9.17, 15) is 14.4 Å². The number of amides is 2. The monoisotopic (exact) mass is 323 g/mol. The van der Waals surface area contributed by atoms with Crippen molar-refractivity contribution in [1.82, 2.24) is 0 Å². The molecule has 1 saturated heterocycles. The van der Waals surface area contributed by atoms with Crippen LogP contribution in [0.15, 0.2) is 40.8 Å². The maximum Gasteiger partial charge on any atom is 0.237 e. The number of carbonyl (C=O) groups is 3. The zero-order valence-corrected chi connectivity index (χ0v) is 13.1. The zero-order valence-electron chi connectivity index (χ0n) is 13.1. The molecule has 1 aromatic heterocycles. The average Bonchev–Trinajstić information content (AvgIpc) is 3.20. The normalized spacial score (nSPS) is 23.4. The number of imide groups is 1. The number of fused-ring (bicyclic) bond motifs is 1. The molecule has 2 aromatic rings. The van der Waals surface area contributed by atoms with E-state index in [0.717, 1.165) is 31.2 Å². The van der Waals surface area contributed by atoms with Crippen LogP contribution < -0.4 is 4.90 Å². The quantitative estimate of drug-likeness (QED) is 0.641. The third kappa shape index (κ3) is 2.28. The van der Waals surface area contributed by atoms with Gasteiger partial charge in [-0.25, -0.2) is 0 Å². The fourth-order valence-corrected chi connectivity index (χ4v) is 3.76. The van der Waals surface area contributed by atoms with Gasteiger partial charge in [0.05, 0.1) is 17.5 Å². The van der Waals surface area contributed by atoms with Crippen LogP contribution in [0.2, 0.25) is 0 Å². The van der Waals surface area contributed by atoms with E-state index in [4.69, 9.17) is 4.42 Å². The summed E-state index contributed by atoms with van der Waals surface area (Å²) in [5, 5.41) is 0. The van der Waals surface area contributed by atoms with Crippen molar-refractivity contribution < 1.29 is 18.8 Å². The van der Waals surface area contributed by atoms with Crippen molar-refractivity contribution in [1.29, 1.82) is 0 Å². The highest BCUT2D eigenvalue weighted by Gasteiger charge is 2.48. The molecule has 0 radical (unpaired) electrons. The molecule has 5 nitrogen and oxygen atoms in total. The summed E-state index contributed by atoms with van der Waals surface area (Å²) in [5.74, 6) is 0.411. The van der Waals surface area contributed by atoms with Crippen LogP contribution in [-0.2, 0) is 9.59 Å². The minimum Gasteiger partial charge on any atom is -0.453 e. The first-order valence-electron chi connectivity index (χ1n) is 8.22. The van der Waals surface area contributed by atoms with Gasteiger partial charge in [-0.3, -0.25) is 19.3 Å². The lowest BCUT2D eigenvalue weighted by molar-refractivity contribution is -0.122. The molecule has 0 N–H and O–H groups in total. The van der Waals surface area contributed by atoms with Crippen molar-refractivity contribution in [3.8, 4) is 11.3 Å². The molecule has 2 heterocycles. The van der Waals surface area contributed by atoms with Gasteiger partial charge >= 0.3 is 0 Å². The van der Waals surface area contributed by atoms with Crippen molar-refractivity contribution in [2.24, 2.45) is 11.8 Å². The summed E-state index contributed by atoms with van der Waals surface area (Å²) in [6.07, 6.45) is 4.31. The Kier molecular flexibility index (Phi) is 3.56. The largest absolute Gasteiger partial charge is 0.453 e. The first-order valence-corrected chi connectivity index (χ1v) is 8.22. The van der Waals surface area contributed by atoms with Crippen LogP contribution in [0.5, 0.6) is 0 Å². The topological polar surface area (TPSA) is 67.6 Å². The molecule has 2 unspecified atom stereocenters. The summed E-state index contributed by atoms with van der Waals surface area (Å²) >= 11 is 0. The van der Waals surface area contributed by atoms with Crippen molar-refractivity contribution in [2.45, 2.75) is 25.7 Å². The lowest BCUT2D eigenvalue weighted by atomic mass is 9.81. The first-order chi connectivity index (χ1) is 11.7. The third-order valence-electron chi connectivity index (χ3n) is 4.99. The average molecular weight is 323 g/mol. The van der Waals surface area contributed by atoms with E-state index in [1.807, 2.05) is 0 Å². The van der Waals surface area contributed by atoms with Crippen molar-refractivity contribution in [3.05, 3.63) is 42.2 Å². The number of nitrogens with zero attached hydrogens (tertiary/aromatic N) is 1. The molecule has 2 fully saturated rings.